The minimum atomic E-state index is -1.08. The standard InChI is InChI=1S/C12H13N3O4/c1-7-8(2)14-19-11(7)13-10(16)6-15-5-3-4-9(15)12(17)18/h3-5H,6H2,1-2H3,(H,13,16)(H,17,18). The lowest BCUT2D eigenvalue weighted by Crippen LogP contribution is -2.20. The van der Waals surface area contributed by atoms with E-state index < -0.39 is 5.97 Å². The molecule has 0 aromatic carbocycles. The van der Waals surface area contributed by atoms with Crippen LogP contribution < -0.4 is 5.32 Å². The first-order valence-corrected chi connectivity index (χ1v) is 5.60. The van der Waals surface area contributed by atoms with E-state index in [0.29, 0.717) is 5.69 Å². The molecular weight excluding hydrogens is 250 g/mol. The summed E-state index contributed by atoms with van der Waals surface area (Å²) in [5, 5.41) is 15.2. The van der Waals surface area contributed by atoms with Gasteiger partial charge in [-0.1, -0.05) is 5.16 Å². The molecule has 0 bridgehead atoms. The van der Waals surface area contributed by atoms with Gasteiger partial charge in [-0.25, -0.2) is 4.79 Å². The Morgan fingerprint density at radius 2 is 2.21 bits per heavy atom. The summed E-state index contributed by atoms with van der Waals surface area (Å²) in [7, 11) is 0. The molecule has 0 atom stereocenters. The van der Waals surface area contributed by atoms with Gasteiger partial charge in [0.1, 0.15) is 12.2 Å². The van der Waals surface area contributed by atoms with Crippen LogP contribution in [0.4, 0.5) is 5.88 Å². The number of aromatic carboxylic acids is 1. The largest absolute Gasteiger partial charge is 0.477 e. The van der Waals surface area contributed by atoms with Crippen molar-refractivity contribution in [3.05, 3.63) is 35.3 Å². The Kier molecular flexibility index (Phi) is 3.37. The number of rotatable bonds is 4. The molecule has 2 rings (SSSR count). The minimum Gasteiger partial charge on any atom is -0.477 e. The fourth-order valence-electron chi connectivity index (χ4n) is 1.60. The summed E-state index contributed by atoms with van der Waals surface area (Å²) in [5.74, 6) is -1.17. The van der Waals surface area contributed by atoms with Crippen molar-refractivity contribution >= 4 is 17.8 Å². The van der Waals surface area contributed by atoms with E-state index in [1.54, 1.807) is 19.9 Å². The van der Waals surface area contributed by atoms with Crippen LogP contribution in [0.2, 0.25) is 0 Å². The topological polar surface area (TPSA) is 97.4 Å². The van der Waals surface area contributed by atoms with Gasteiger partial charge in [0.15, 0.2) is 0 Å². The van der Waals surface area contributed by atoms with Crippen LogP contribution in [-0.4, -0.2) is 26.7 Å². The average Bonchev–Trinajstić information content (AvgIpc) is 2.91. The van der Waals surface area contributed by atoms with Gasteiger partial charge in [-0.15, -0.1) is 0 Å². The van der Waals surface area contributed by atoms with E-state index in [-0.39, 0.29) is 24.0 Å². The molecule has 7 nitrogen and oxygen atoms in total. The molecule has 100 valence electrons. The van der Waals surface area contributed by atoms with Crippen LogP contribution in [0.15, 0.2) is 22.9 Å². The molecule has 0 saturated carbocycles. The molecule has 0 aliphatic heterocycles. The normalized spacial score (nSPS) is 10.4. The summed E-state index contributed by atoms with van der Waals surface area (Å²) in [6.45, 7) is 3.44. The third-order valence-corrected chi connectivity index (χ3v) is 2.77. The Balaban J connectivity index is 2.08. The second-order valence-corrected chi connectivity index (χ2v) is 4.10. The molecule has 0 aliphatic rings. The van der Waals surface area contributed by atoms with Crippen LogP contribution in [-0.2, 0) is 11.3 Å². The fraction of sp³-hybridized carbons (Fsp3) is 0.250. The Morgan fingerprint density at radius 1 is 1.47 bits per heavy atom. The maximum Gasteiger partial charge on any atom is 0.352 e. The van der Waals surface area contributed by atoms with Crippen molar-refractivity contribution < 1.29 is 19.2 Å². The number of anilines is 1. The smallest absolute Gasteiger partial charge is 0.352 e. The Labute approximate surface area is 108 Å². The van der Waals surface area contributed by atoms with Crippen molar-refractivity contribution in [1.29, 1.82) is 0 Å². The van der Waals surface area contributed by atoms with Crippen LogP contribution in [0, 0.1) is 13.8 Å². The van der Waals surface area contributed by atoms with Gasteiger partial charge in [0, 0.05) is 11.8 Å². The number of carboxylic acid groups (broad SMARTS) is 1. The summed E-state index contributed by atoms with van der Waals surface area (Å²) >= 11 is 0. The van der Waals surface area contributed by atoms with E-state index in [2.05, 4.69) is 10.5 Å². The van der Waals surface area contributed by atoms with Crippen LogP contribution in [0.1, 0.15) is 21.7 Å². The number of carbonyl (C=O) groups excluding carboxylic acids is 1. The van der Waals surface area contributed by atoms with Gasteiger partial charge in [-0.05, 0) is 26.0 Å². The maximum atomic E-state index is 11.8. The lowest BCUT2D eigenvalue weighted by molar-refractivity contribution is -0.116. The zero-order valence-electron chi connectivity index (χ0n) is 10.5. The average molecular weight is 263 g/mol. The van der Waals surface area contributed by atoms with E-state index in [1.165, 1.54) is 16.8 Å². The quantitative estimate of drug-likeness (QED) is 0.869. The highest BCUT2D eigenvalue weighted by atomic mass is 16.5. The fourth-order valence-corrected chi connectivity index (χ4v) is 1.60. The van der Waals surface area contributed by atoms with Crippen molar-refractivity contribution in [2.45, 2.75) is 20.4 Å². The third-order valence-electron chi connectivity index (χ3n) is 2.77. The second kappa shape index (κ2) is 4.97. The number of aryl methyl sites for hydroxylation is 1. The molecule has 0 aliphatic carbocycles. The van der Waals surface area contributed by atoms with Crippen LogP contribution in [0.3, 0.4) is 0 Å². The van der Waals surface area contributed by atoms with E-state index in [1.807, 2.05) is 0 Å². The van der Waals surface area contributed by atoms with Crippen molar-refractivity contribution in [3.8, 4) is 0 Å². The first kappa shape index (κ1) is 12.9. The van der Waals surface area contributed by atoms with Gasteiger partial charge in [-0.3, -0.25) is 10.1 Å². The van der Waals surface area contributed by atoms with Gasteiger partial charge >= 0.3 is 5.97 Å². The van der Waals surface area contributed by atoms with Crippen molar-refractivity contribution in [2.24, 2.45) is 0 Å². The van der Waals surface area contributed by atoms with Crippen molar-refractivity contribution in [1.82, 2.24) is 9.72 Å². The molecule has 19 heavy (non-hydrogen) atoms. The molecule has 0 spiro atoms. The highest BCUT2D eigenvalue weighted by Gasteiger charge is 2.14. The molecule has 7 heteroatoms. The lowest BCUT2D eigenvalue weighted by Gasteiger charge is -2.06. The molecule has 0 fully saturated rings. The molecule has 2 aromatic rings. The summed E-state index contributed by atoms with van der Waals surface area (Å²) in [6, 6.07) is 3.00. The molecule has 1 amide bonds. The lowest BCUT2D eigenvalue weighted by atomic mass is 10.3. The number of hydrogen-bond acceptors (Lipinski definition) is 4. The van der Waals surface area contributed by atoms with Crippen molar-refractivity contribution in [3.63, 3.8) is 0 Å². The van der Waals surface area contributed by atoms with Gasteiger partial charge in [0.05, 0.1) is 5.69 Å². The predicted molar refractivity (Wildman–Crippen MR) is 66.0 cm³/mol. The van der Waals surface area contributed by atoms with Crippen LogP contribution in [0.5, 0.6) is 0 Å². The summed E-state index contributed by atoms with van der Waals surface area (Å²) in [4.78, 5) is 22.7. The van der Waals surface area contributed by atoms with Crippen LogP contribution in [0.25, 0.3) is 0 Å². The first-order chi connectivity index (χ1) is 8.99. The summed E-state index contributed by atoms with van der Waals surface area (Å²) < 4.78 is 6.30. The molecule has 0 saturated heterocycles. The number of amides is 1. The Hall–Kier alpha value is -2.57. The third kappa shape index (κ3) is 2.65. The Morgan fingerprint density at radius 3 is 2.79 bits per heavy atom. The Bertz CT molecular complexity index is 627. The molecule has 0 radical (unpaired) electrons. The molecular formula is C12H13N3O4. The van der Waals surface area contributed by atoms with E-state index in [4.69, 9.17) is 9.63 Å². The second-order valence-electron chi connectivity index (χ2n) is 4.10. The number of hydrogen-bond donors (Lipinski definition) is 2. The zero-order valence-corrected chi connectivity index (χ0v) is 10.5. The highest BCUT2D eigenvalue weighted by molar-refractivity contribution is 5.91. The van der Waals surface area contributed by atoms with Crippen LogP contribution >= 0.6 is 0 Å². The number of nitrogens with one attached hydrogen (secondary N) is 1. The van der Waals surface area contributed by atoms with Gasteiger partial charge in [-0.2, -0.15) is 0 Å². The molecule has 2 aromatic heterocycles. The highest BCUT2D eigenvalue weighted by Crippen LogP contribution is 2.17. The maximum absolute atomic E-state index is 11.8. The summed E-state index contributed by atoms with van der Waals surface area (Å²) in [5.41, 5.74) is 1.50. The SMILES string of the molecule is Cc1noc(NC(=O)Cn2cccc2C(=O)O)c1C. The van der Waals surface area contributed by atoms with Gasteiger partial charge in [0.2, 0.25) is 11.8 Å². The summed E-state index contributed by atoms with van der Waals surface area (Å²) in [6.07, 6.45) is 1.53. The van der Waals surface area contributed by atoms with E-state index >= 15 is 0 Å². The zero-order chi connectivity index (χ0) is 14.0. The number of carbonyl (C=O) groups is 2. The van der Waals surface area contributed by atoms with E-state index in [9.17, 15) is 9.59 Å². The molecule has 2 N–H and O–H groups in total. The monoisotopic (exact) mass is 263 g/mol. The van der Waals surface area contributed by atoms with Gasteiger partial charge in [0.25, 0.3) is 0 Å². The number of nitrogens with zero attached hydrogens (tertiary/aromatic N) is 2. The van der Waals surface area contributed by atoms with Crippen molar-refractivity contribution in [2.75, 3.05) is 5.32 Å². The number of carboxylic acids is 1. The van der Waals surface area contributed by atoms with Gasteiger partial charge < -0.3 is 14.2 Å². The predicted octanol–water partition coefficient (Wildman–Crippen LogP) is 1.43. The molecule has 2 heterocycles. The first-order valence-electron chi connectivity index (χ1n) is 5.60. The van der Waals surface area contributed by atoms with E-state index in [0.717, 1.165) is 5.56 Å². The number of aromatic nitrogens is 2. The minimum absolute atomic E-state index is 0.0561. The molecule has 0 unspecified atom stereocenters.